The standard InChI is InChI=1S/C17H27N5O2/c1-21(2)15(23)8-11-22-9-6-12(7-10-22)18-17(24)16-13-4-3-5-14(13)19-20-16/h12H,3-11H2,1-2H3,(H,18,24)(H,19,20). The molecule has 0 atom stereocenters. The summed E-state index contributed by atoms with van der Waals surface area (Å²) in [6.45, 7) is 2.64. The number of fused-ring (bicyclic) bond motifs is 1. The van der Waals surface area contributed by atoms with E-state index in [4.69, 9.17) is 0 Å². The van der Waals surface area contributed by atoms with Gasteiger partial charge in [-0.2, -0.15) is 5.10 Å². The van der Waals surface area contributed by atoms with Crippen LogP contribution in [0.25, 0.3) is 0 Å². The third kappa shape index (κ3) is 3.77. The molecular weight excluding hydrogens is 306 g/mol. The second kappa shape index (κ2) is 7.34. The summed E-state index contributed by atoms with van der Waals surface area (Å²) in [5.74, 6) is 0.119. The van der Waals surface area contributed by atoms with Gasteiger partial charge in [-0.25, -0.2) is 0 Å². The second-order valence-electron chi connectivity index (χ2n) is 7.01. The van der Waals surface area contributed by atoms with Crippen LogP contribution in [0.3, 0.4) is 0 Å². The zero-order valence-electron chi connectivity index (χ0n) is 14.6. The van der Waals surface area contributed by atoms with Crippen molar-refractivity contribution < 1.29 is 9.59 Å². The lowest BCUT2D eigenvalue weighted by molar-refractivity contribution is -0.129. The summed E-state index contributed by atoms with van der Waals surface area (Å²) >= 11 is 0. The van der Waals surface area contributed by atoms with Gasteiger partial charge in [0.05, 0.1) is 0 Å². The normalized spacial score (nSPS) is 18.4. The van der Waals surface area contributed by atoms with E-state index in [0.717, 1.165) is 63.0 Å². The van der Waals surface area contributed by atoms with Gasteiger partial charge in [0.1, 0.15) is 0 Å². The zero-order chi connectivity index (χ0) is 17.1. The van der Waals surface area contributed by atoms with Crippen LogP contribution in [-0.4, -0.2) is 71.6 Å². The molecule has 2 amide bonds. The van der Waals surface area contributed by atoms with Crippen LogP contribution in [0.1, 0.15) is 47.4 Å². The lowest BCUT2D eigenvalue weighted by Crippen LogP contribution is -2.45. The molecule has 3 rings (SSSR count). The van der Waals surface area contributed by atoms with E-state index >= 15 is 0 Å². The van der Waals surface area contributed by atoms with E-state index in [0.29, 0.717) is 12.1 Å². The summed E-state index contributed by atoms with van der Waals surface area (Å²) in [6.07, 6.45) is 5.47. The predicted octanol–water partition coefficient (Wildman–Crippen LogP) is 0.571. The summed E-state index contributed by atoms with van der Waals surface area (Å²) in [6, 6.07) is 0.201. The van der Waals surface area contributed by atoms with Gasteiger partial charge in [-0.05, 0) is 32.1 Å². The first-order valence-corrected chi connectivity index (χ1v) is 8.84. The summed E-state index contributed by atoms with van der Waals surface area (Å²) in [4.78, 5) is 28.0. The first kappa shape index (κ1) is 17.0. The minimum atomic E-state index is -0.0457. The summed E-state index contributed by atoms with van der Waals surface area (Å²) in [5.41, 5.74) is 2.81. The molecular formula is C17H27N5O2. The minimum Gasteiger partial charge on any atom is -0.349 e. The Labute approximate surface area is 142 Å². The van der Waals surface area contributed by atoms with Crippen molar-refractivity contribution in [2.75, 3.05) is 33.7 Å². The number of H-pyrrole nitrogens is 1. The quantitative estimate of drug-likeness (QED) is 0.825. The van der Waals surface area contributed by atoms with Crippen LogP contribution in [0.4, 0.5) is 0 Å². The maximum Gasteiger partial charge on any atom is 0.272 e. The Morgan fingerprint density at radius 1 is 1.29 bits per heavy atom. The average Bonchev–Trinajstić information content (AvgIpc) is 3.16. The van der Waals surface area contributed by atoms with Gasteiger partial charge in [0.25, 0.3) is 5.91 Å². The number of aromatic amines is 1. The molecule has 0 radical (unpaired) electrons. The first-order chi connectivity index (χ1) is 11.5. The maximum atomic E-state index is 12.4. The van der Waals surface area contributed by atoms with Crippen molar-refractivity contribution in [3.8, 4) is 0 Å². The highest BCUT2D eigenvalue weighted by Crippen LogP contribution is 2.23. The Bertz CT molecular complexity index is 602. The van der Waals surface area contributed by atoms with Crippen molar-refractivity contribution in [3.05, 3.63) is 17.0 Å². The van der Waals surface area contributed by atoms with Crippen molar-refractivity contribution in [3.63, 3.8) is 0 Å². The van der Waals surface area contributed by atoms with Crippen molar-refractivity contribution in [1.29, 1.82) is 0 Å². The van der Waals surface area contributed by atoms with Gasteiger partial charge < -0.3 is 15.1 Å². The van der Waals surface area contributed by atoms with Crippen LogP contribution >= 0.6 is 0 Å². The van der Waals surface area contributed by atoms with E-state index < -0.39 is 0 Å². The number of carbonyl (C=O) groups is 2. The molecule has 132 valence electrons. The molecule has 1 aliphatic carbocycles. The van der Waals surface area contributed by atoms with Gasteiger partial charge in [0.15, 0.2) is 5.69 Å². The number of hydrogen-bond donors (Lipinski definition) is 2. The molecule has 1 aromatic heterocycles. The summed E-state index contributed by atoms with van der Waals surface area (Å²) < 4.78 is 0. The highest BCUT2D eigenvalue weighted by molar-refractivity contribution is 5.94. The monoisotopic (exact) mass is 333 g/mol. The number of amides is 2. The largest absolute Gasteiger partial charge is 0.349 e. The van der Waals surface area contributed by atoms with Crippen molar-refractivity contribution in [2.45, 2.75) is 44.6 Å². The molecule has 0 unspecified atom stereocenters. The van der Waals surface area contributed by atoms with E-state index in [-0.39, 0.29) is 17.9 Å². The first-order valence-electron chi connectivity index (χ1n) is 8.84. The van der Waals surface area contributed by atoms with Crippen LogP contribution < -0.4 is 5.32 Å². The van der Waals surface area contributed by atoms with Gasteiger partial charge in [-0.15, -0.1) is 0 Å². The number of carbonyl (C=O) groups excluding carboxylic acids is 2. The molecule has 24 heavy (non-hydrogen) atoms. The maximum absolute atomic E-state index is 12.4. The Morgan fingerprint density at radius 2 is 2.04 bits per heavy atom. The Balaban J connectivity index is 1.44. The zero-order valence-corrected chi connectivity index (χ0v) is 14.6. The molecule has 1 aliphatic heterocycles. The van der Waals surface area contributed by atoms with Crippen LogP contribution in [0.15, 0.2) is 0 Å². The van der Waals surface area contributed by atoms with Gasteiger partial charge in [-0.3, -0.25) is 14.7 Å². The third-order valence-corrected chi connectivity index (χ3v) is 5.08. The highest BCUT2D eigenvalue weighted by Gasteiger charge is 2.26. The number of aryl methyl sites for hydroxylation is 1. The molecule has 0 saturated carbocycles. The Hall–Kier alpha value is -1.89. The second-order valence-corrected chi connectivity index (χ2v) is 7.01. The molecule has 0 aromatic carbocycles. The highest BCUT2D eigenvalue weighted by atomic mass is 16.2. The smallest absolute Gasteiger partial charge is 0.272 e. The molecule has 0 bridgehead atoms. The molecule has 0 spiro atoms. The number of rotatable bonds is 5. The number of hydrogen-bond acceptors (Lipinski definition) is 4. The van der Waals surface area contributed by atoms with Crippen LogP contribution in [0.5, 0.6) is 0 Å². The molecule has 1 saturated heterocycles. The SMILES string of the molecule is CN(C)C(=O)CCN1CCC(NC(=O)c2n[nH]c3c2CCC3)CC1. The fraction of sp³-hybridized carbons (Fsp3) is 0.706. The number of piperidine rings is 1. The number of nitrogens with one attached hydrogen (secondary N) is 2. The van der Waals surface area contributed by atoms with Gasteiger partial charge in [0.2, 0.25) is 5.91 Å². The molecule has 2 heterocycles. The Morgan fingerprint density at radius 3 is 2.75 bits per heavy atom. The lowest BCUT2D eigenvalue weighted by Gasteiger charge is -2.32. The third-order valence-electron chi connectivity index (χ3n) is 5.08. The van der Waals surface area contributed by atoms with Gasteiger partial charge >= 0.3 is 0 Å². The summed E-state index contributed by atoms with van der Waals surface area (Å²) in [5, 5.41) is 10.3. The van der Waals surface area contributed by atoms with E-state index in [1.165, 1.54) is 0 Å². The van der Waals surface area contributed by atoms with E-state index in [1.54, 1.807) is 19.0 Å². The number of aromatic nitrogens is 2. The summed E-state index contributed by atoms with van der Waals surface area (Å²) in [7, 11) is 3.58. The fourth-order valence-electron chi connectivity index (χ4n) is 3.54. The van der Waals surface area contributed by atoms with Gasteiger partial charge in [-0.1, -0.05) is 0 Å². The average molecular weight is 333 g/mol. The van der Waals surface area contributed by atoms with E-state index in [1.807, 2.05) is 0 Å². The lowest BCUT2D eigenvalue weighted by atomic mass is 10.0. The van der Waals surface area contributed by atoms with Crippen molar-refractivity contribution >= 4 is 11.8 Å². The number of nitrogens with zero attached hydrogens (tertiary/aromatic N) is 3. The molecule has 2 N–H and O–H groups in total. The van der Waals surface area contributed by atoms with Crippen molar-refractivity contribution in [1.82, 2.24) is 25.3 Å². The molecule has 1 aromatic rings. The van der Waals surface area contributed by atoms with E-state index in [9.17, 15) is 9.59 Å². The fourth-order valence-corrected chi connectivity index (χ4v) is 3.54. The van der Waals surface area contributed by atoms with Crippen molar-refractivity contribution in [2.24, 2.45) is 0 Å². The topological polar surface area (TPSA) is 81.3 Å². The van der Waals surface area contributed by atoms with Crippen LogP contribution in [-0.2, 0) is 17.6 Å². The Kier molecular flexibility index (Phi) is 5.18. The molecule has 7 heteroatoms. The van der Waals surface area contributed by atoms with Gasteiger partial charge in [0, 0.05) is 57.4 Å². The minimum absolute atomic E-state index is 0.0457. The van der Waals surface area contributed by atoms with Crippen LogP contribution in [0.2, 0.25) is 0 Å². The van der Waals surface area contributed by atoms with Crippen LogP contribution in [0, 0.1) is 0 Å². The number of likely N-dealkylation sites (tertiary alicyclic amines) is 1. The predicted molar refractivity (Wildman–Crippen MR) is 90.9 cm³/mol. The molecule has 1 fully saturated rings. The van der Waals surface area contributed by atoms with E-state index in [2.05, 4.69) is 20.4 Å². The molecule has 7 nitrogen and oxygen atoms in total. The molecule has 2 aliphatic rings.